The highest BCUT2D eigenvalue weighted by molar-refractivity contribution is 5.95. The molecule has 1 heterocycles. The summed E-state index contributed by atoms with van der Waals surface area (Å²) in [5.74, 6) is 1.99. The predicted octanol–water partition coefficient (Wildman–Crippen LogP) is 3.88. The van der Waals surface area contributed by atoms with Gasteiger partial charge in [-0.2, -0.15) is 0 Å². The summed E-state index contributed by atoms with van der Waals surface area (Å²) in [5.41, 5.74) is 1.48. The third kappa shape index (κ3) is 6.51. The molecule has 1 fully saturated rings. The van der Waals surface area contributed by atoms with Crippen LogP contribution in [0.4, 0.5) is 0 Å². The number of amides is 2. The molecule has 0 saturated carbocycles. The molecule has 7 heteroatoms. The van der Waals surface area contributed by atoms with Crippen LogP contribution in [0, 0.1) is 0 Å². The van der Waals surface area contributed by atoms with Crippen LogP contribution in [0.1, 0.15) is 36.2 Å². The molecular weight excluding hydrogens is 420 g/mol. The minimum Gasteiger partial charge on any atom is -0.497 e. The van der Waals surface area contributed by atoms with Gasteiger partial charge >= 0.3 is 0 Å². The van der Waals surface area contributed by atoms with Crippen LogP contribution in [0.5, 0.6) is 17.2 Å². The Morgan fingerprint density at radius 2 is 1.61 bits per heavy atom. The van der Waals surface area contributed by atoms with Crippen molar-refractivity contribution in [2.45, 2.75) is 20.3 Å². The van der Waals surface area contributed by atoms with Crippen molar-refractivity contribution in [2.75, 3.05) is 46.5 Å². The highest BCUT2D eigenvalue weighted by Gasteiger charge is 2.24. The van der Waals surface area contributed by atoms with Crippen molar-refractivity contribution in [2.24, 2.45) is 0 Å². The summed E-state index contributed by atoms with van der Waals surface area (Å²) in [4.78, 5) is 28.9. The molecule has 1 aliphatic heterocycles. The maximum atomic E-state index is 12.7. The van der Waals surface area contributed by atoms with Gasteiger partial charge in [0.15, 0.2) is 11.5 Å². The van der Waals surface area contributed by atoms with Crippen LogP contribution in [0.2, 0.25) is 0 Å². The molecule has 0 bridgehead atoms. The van der Waals surface area contributed by atoms with Gasteiger partial charge in [-0.25, -0.2) is 0 Å². The SMILES string of the molecule is CCCOc1ccc(/C=C/C(=O)N2CCN(C(=O)c3ccc(OC)cc3)CC2)cc1OCC. The molecule has 0 aromatic heterocycles. The topological polar surface area (TPSA) is 68.3 Å². The quantitative estimate of drug-likeness (QED) is 0.540. The third-order valence-corrected chi connectivity index (χ3v) is 5.36. The Morgan fingerprint density at radius 3 is 2.24 bits per heavy atom. The lowest BCUT2D eigenvalue weighted by atomic mass is 10.1. The fourth-order valence-electron chi connectivity index (χ4n) is 3.55. The molecule has 3 rings (SSSR count). The zero-order chi connectivity index (χ0) is 23.6. The number of hydrogen-bond acceptors (Lipinski definition) is 5. The minimum atomic E-state index is -0.0733. The van der Waals surface area contributed by atoms with E-state index in [1.807, 2.05) is 25.1 Å². The van der Waals surface area contributed by atoms with Gasteiger partial charge in [0, 0.05) is 37.8 Å². The highest BCUT2D eigenvalue weighted by atomic mass is 16.5. The second-order valence-corrected chi connectivity index (χ2v) is 7.67. The fraction of sp³-hybridized carbons (Fsp3) is 0.385. The number of hydrogen-bond donors (Lipinski definition) is 0. The van der Waals surface area contributed by atoms with Crippen LogP contribution in [-0.4, -0.2) is 68.1 Å². The Hall–Kier alpha value is -3.48. The zero-order valence-corrected chi connectivity index (χ0v) is 19.6. The second-order valence-electron chi connectivity index (χ2n) is 7.67. The van der Waals surface area contributed by atoms with Gasteiger partial charge in [-0.05, 0) is 61.4 Å². The largest absolute Gasteiger partial charge is 0.497 e. The Balaban J connectivity index is 1.56. The van der Waals surface area contributed by atoms with E-state index in [0.29, 0.717) is 62.2 Å². The normalized spacial score (nSPS) is 13.8. The monoisotopic (exact) mass is 452 g/mol. The summed E-state index contributed by atoms with van der Waals surface area (Å²) in [7, 11) is 1.59. The molecule has 0 N–H and O–H groups in total. The first kappa shape index (κ1) is 24.2. The molecular formula is C26H32N2O5. The van der Waals surface area contributed by atoms with Crippen molar-refractivity contribution in [3.8, 4) is 17.2 Å². The van der Waals surface area contributed by atoms with Crippen LogP contribution < -0.4 is 14.2 Å². The van der Waals surface area contributed by atoms with E-state index in [1.165, 1.54) is 0 Å². The molecule has 2 aromatic carbocycles. The van der Waals surface area contributed by atoms with E-state index < -0.39 is 0 Å². The van der Waals surface area contributed by atoms with Gasteiger partial charge in [0.2, 0.25) is 5.91 Å². The number of methoxy groups -OCH3 is 1. The number of benzene rings is 2. The number of carbonyl (C=O) groups is 2. The lowest BCUT2D eigenvalue weighted by molar-refractivity contribution is -0.127. The summed E-state index contributed by atoms with van der Waals surface area (Å²) < 4.78 is 16.5. The van der Waals surface area contributed by atoms with Gasteiger partial charge in [-0.3, -0.25) is 9.59 Å². The summed E-state index contributed by atoms with van der Waals surface area (Å²) in [6.45, 7) is 7.14. The predicted molar refractivity (Wildman–Crippen MR) is 128 cm³/mol. The van der Waals surface area contributed by atoms with Crippen molar-refractivity contribution in [1.82, 2.24) is 9.80 Å². The smallest absolute Gasteiger partial charge is 0.253 e. The molecule has 0 spiro atoms. The molecule has 2 aromatic rings. The van der Waals surface area contributed by atoms with Crippen LogP contribution in [0.15, 0.2) is 48.5 Å². The number of ether oxygens (including phenoxy) is 3. The molecule has 0 unspecified atom stereocenters. The molecule has 2 amide bonds. The van der Waals surface area contributed by atoms with Crippen LogP contribution >= 0.6 is 0 Å². The van der Waals surface area contributed by atoms with E-state index >= 15 is 0 Å². The molecule has 176 valence electrons. The Kier molecular flexibility index (Phi) is 8.75. The van der Waals surface area contributed by atoms with Gasteiger partial charge in [-0.15, -0.1) is 0 Å². The number of rotatable bonds is 9. The standard InChI is InChI=1S/C26H32N2O5/c1-4-18-33-23-12-6-20(19-24(23)32-5-2)7-13-25(29)27-14-16-28(17-15-27)26(30)21-8-10-22(31-3)11-9-21/h6-13,19H,4-5,14-18H2,1-3H3/b13-7+. The first-order chi connectivity index (χ1) is 16.0. The van der Waals surface area contributed by atoms with Crippen molar-refractivity contribution < 1.29 is 23.8 Å². The maximum Gasteiger partial charge on any atom is 0.253 e. The summed E-state index contributed by atoms with van der Waals surface area (Å²) >= 11 is 0. The van der Waals surface area contributed by atoms with Crippen LogP contribution in [-0.2, 0) is 4.79 Å². The molecule has 1 aliphatic rings. The van der Waals surface area contributed by atoms with Crippen molar-refractivity contribution in [3.63, 3.8) is 0 Å². The van der Waals surface area contributed by atoms with E-state index in [4.69, 9.17) is 14.2 Å². The van der Waals surface area contributed by atoms with Crippen molar-refractivity contribution >= 4 is 17.9 Å². The lowest BCUT2D eigenvalue weighted by Gasteiger charge is -2.34. The third-order valence-electron chi connectivity index (χ3n) is 5.36. The molecule has 0 aliphatic carbocycles. The highest BCUT2D eigenvalue weighted by Crippen LogP contribution is 2.29. The van der Waals surface area contributed by atoms with Crippen LogP contribution in [0.3, 0.4) is 0 Å². The number of nitrogens with zero attached hydrogens (tertiary/aromatic N) is 2. The molecule has 7 nitrogen and oxygen atoms in total. The van der Waals surface area contributed by atoms with E-state index in [2.05, 4.69) is 6.92 Å². The Bertz CT molecular complexity index is 963. The number of carbonyl (C=O) groups excluding carboxylic acids is 2. The molecule has 0 atom stereocenters. The van der Waals surface area contributed by atoms with Gasteiger partial charge in [-0.1, -0.05) is 13.0 Å². The first-order valence-corrected chi connectivity index (χ1v) is 11.4. The van der Waals surface area contributed by atoms with E-state index in [9.17, 15) is 9.59 Å². The van der Waals surface area contributed by atoms with Gasteiger partial charge in [0.25, 0.3) is 5.91 Å². The summed E-state index contributed by atoms with van der Waals surface area (Å²) in [6, 6.07) is 12.7. The molecule has 1 saturated heterocycles. The average molecular weight is 453 g/mol. The van der Waals surface area contributed by atoms with Crippen LogP contribution in [0.25, 0.3) is 6.08 Å². The molecule has 0 radical (unpaired) electrons. The van der Waals surface area contributed by atoms with E-state index in [1.54, 1.807) is 53.3 Å². The summed E-state index contributed by atoms with van der Waals surface area (Å²) in [6.07, 6.45) is 4.27. The van der Waals surface area contributed by atoms with E-state index in [0.717, 1.165) is 12.0 Å². The maximum absolute atomic E-state index is 12.7. The average Bonchev–Trinajstić information content (AvgIpc) is 2.86. The Morgan fingerprint density at radius 1 is 0.909 bits per heavy atom. The van der Waals surface area contributed by atoms with Crippen molar-refractivity contribution in [1.29, 1.82) is 0 Å². The lowest BCUT2D eigenvalue weighted by Crippen LogP contribution is -2.50. The minimum absolute atomic E-state index is 0.0332. The number of piperazine rings is 1. The second kappa shape index (κ2) is 11.9. The Labute approximate surface area is 195 Å². The van der Waals surface area contributed by atoms with E-state index in [-0.39, 0.29) is 11.8 Å². The zero-order valence-electron chi connectivity index (χ0n) is 19.6. The van der Waals surface area contributed by atoms with Gasteiger partial charge in [0.05, 0.1) is 20.3 Å². The van der Waals surface area contributed by atoms with Gasteiger partial charge < -0.3 is 24.0 Å². The van der Waals surface area contributed by atoms with Gasteiger partial charge in [0.1, 0.15) is 5.75 Å². The fourth-order valence-corrected chi connectivity index (χ4v) is 3.55. The molecule has 33 heavy (non-hydrogen) atoms. The summed E-state index contributed by atoms with van der Waals surface area (Å²) in [5, 5.41) is 0. The van der Waals surface area contributed by atoms with Crippen molar-refractivity contribution in [3.05, 3.63) is 59.7 Å². The first-order valence-electron chi connectivity index (χ1n) is 11.4.